The van der Waals surface area contributed by atoms with Gasteiger partial charge in [-0.1, -0.05) is 42.5 Å². The Bertz CT molecular complexity index is 606. The fourth-order valence-electron chi connectivity index (χ4n) is 1.95. The molecular formula is C17H18N2O2. The molecule has 0 fully saturated rings. The van der Waals surface area contributed by atoms with E-state index < -0.39 is 0 Å². The molecule has 0 saturated carbocycles. The molecule has 21 heavy (non-hydrogen) atoms. The molecule has 0 aromatic heterocycles. The molecule has 0 unspecified atom stereocenters. The van der Waals surface area contributed by atoms with E-state index in [0.717, 1.165) is 16.8 Å². The van der Waals surface area contributed by atoms with Crippen molar-refractivity contribution in [2.45, 2.75) is 19.9 Å². The molecule has 0 spiro atoms. The molecule has 0 saturated heterocycles. The molecule has 0 radical (unpaired) electrons. The van der Waals surface area contributed by atoms with Crippen LogP contribution in [0.4, 0.5) is 5.69 Å². The molecule has 0 heterocycles. The van der Waals surface area contributed by atoms with Crippen molar-refractivity contribution < 1.29 is 9.59 Å². The van der Waals surface area contributed by atoms with Crippen LogP contribution in [0.5, 0.6) is 0 Å². The molecule has 0 aliphatic carbocycles. The molecule has 0 aliphatic rings. The van der Waals surface area contributed by atoms with Crippen molar-refractivity contribution in [2.24, 2.45) is 0 Å². The highest BCUT2D eigenvalue weighted by Gasteiger charge is 2.04. The van der Waals surface area contributed by atoms with Gasteiger partial charge in [0.05, 0.1) is 6.42 Å². The minimum absolute atomic E-state index is 0.0221. The maximum atomic E-state index is 11.9. The Hall–Kier alpha value is -2.62. The van der Waals surface area contributed by atoms with E-state index in [0.29, 0.717) is 13.0 Å². The lowest BCUT2D eigenvalue weighted by Crippen LogP contribution is -2.24. The SMILES string of the molecule is CC(=O)Nc1ccc(CC(=O)NCc2ccccc2)cc1. The lowest BCUT2D eigenvalue weighted by atomic mass is 10.1. The summed E-state index contributed by atoms with van der Waals surface area (Å²) >= 11 is 0. The van der Waals surface area contributed by atoms with Gasteiger partial charge < -0.3 is 10.6 Å². The summed E-state index contributed by atoms with van der Waals surface area (Å²) in [7, 11) is 0. The van der Waals surface area contributed by atoms with Crippen LogP contribution in [0.15, 0.2) is 54.6 Å². The molecule has 2 N–H and O–H groups in total. The highest BCUT2D eigenvalue weighted by Crippen LogP contribution is 2.10. The summed E-state index contributed by atoms with van der Waals surface area (Å²) < 4.78 is 0. The van der Waals surface area contributed by atoms with E-state index in [1.165, 1.54) is 6.92 Å². The van der Waals surface area contributed by atoms with Crippen LogP contribution in [0.3, 0.4) is 0 Å². The molecule has 2 aromatic rings. The van der Waals surface area contributed by atoms with Crippen LogP contribution in [0, 0.1) is 0 Å². The van der Waals surface area contributed by atoms with Crippen molar-refractivity contribution >= 4 is 17.5 Å². The van der Waals surface area contributed by atoms with Gasteiger partial charge in [0.2, 0.25) is 11.8 Å². The molecule has 0 bridgehead atoms. The van der Waals surface area contributed by atoms with Crippen LogP contribution in [-0.2, 0) is 22.6 Å². The summed E-state index contributed by atoms with van der Waals surface area (Å²) in [4.78, 5) is 22.8. The predicted molar refractivity (Wildman–Crippen MR) is 82.7 cm³/mol. The molecule has 2 aromatic carbocycles. The van der Waals surface area contributed by atoms with Crippen LogP contribution in [0.2, 0.25) is 0 Å². The average molecular weight is 282 g/mol. The largest absolute Gasteiger partial charge is 0.352 e. The van der Waals surface area contributed by atoms with Crippen LogP contribution < -0.4 is 10.6 Å². The number of nitrogens with one attached hydrogen (secondary N) is 2. The van der Waals surface area contributed by atoms with Crippen molar-refractivity contribution in [1.82, 2.24) is 5.32 Å². The number of hydrogen-bond acceptors (Lipinski definition) is 2. The molecule has 2 rings (SSSR count). The minimum atomic E-state index is -0.108. The molecule has 0 atom stereocenters. The summed E-state index contributed by atoms with van der Waals surface area (Å²) in [6, 6.07) is 17.1. The average Bonchev–Trinajstić information content (AvgIpc) is 2.48. The molecule has 108 valence electrons. The van der Waals surface area contributed by atoms with Gasteiger partial charge >= 0.3 is 0 Å². The standard InChI is InChI=1S/C17H18N2O2/c1-13(20)19-16-9-7-14(8-10-16)11-17(21)18-12-15-5-3-2-4-6-15/h2-10H,11-12H2,1H3,(H,18,21)(H,19,20). The Morgan fingerprint density at radius 1 is 0.905 bits per heavy atom. The second-order valence-electron chi connectivity index (χ2n) is 4.82. The Morgan fingerprint density at radius 2 is 1.57 bits per heavy atom. The van der Waals surface area contributed by atoms with E-state index in [1.807, 2.05) is 42.5 Å². The minimum Gasteiger partial charge on any atom is -0.352 e. The van der Waals surface area contributed by atoms with Gasteiger partial charge in [-0.2, -0.15) is 0 Å². The highest BCUT2D eigenvalue weighted by atomic mass is 16.2. The van der Waals surface area contributed by atoms with Gasteiger partial charge in [-0.05, 0) is 23.3 Å². The number of amides is 2. The van der Waals surface area contributed by atoms with Gasteiger partial charge in [-0.15, -0.1) is 0 Å². The van der Waals surface area contributed by atoms with E-state index in [-0.39, 0.29) is 11.8 Å². The molecule has 2 amide bonds. The first-order chi connectivity index (χ1) is 10.1. The highest BCUT2D eigenvalue weighted by molar-refractivity contribution is 5.88. The number of anilines is 1. The first-order valence-corrected chi connectivity index (χ1v) is 6.80. The molecule has 4 heteroatoms. The number of rotatable bonds is 5. The van der Waals surface area contributed by atoms with Crippen molar-refractivity contribution in [1.29, 1.82) is 0 Å². The van der Waals surface area contributed by atoms with Crippen molar-refractivity contribution in [2.75, 3.05) is 5.32 Å². The van der Waals surface area contributed by atoms with Gasteiger partial charge in [0.25, 0.3) is 0 Å². The fraction of sp³-hybridized carbons (Fsp3) is 0.176. The summed E-state index contributed by atoms with van der Waals surface area (Å²) in [5, 5.41) is 5.58. The maximum Gasteiger partial charge on any atom is 0.224 e. The van der Waals surface area contributed by atoms with E-state index >= 15 is 0 Å². The van der Waals surface area contributed by atoms with Crippen LogP contribution in [0.25, 0.3) is 0 Å². The van der Waals surface area contributed by atoms with Crippen LogP contribution >= 0.6 is 0 Å². The van der Waals surface area contributed by atoms with E-state index in [4.69, 9.17) is 0 Å². The van der Waals surface area contributed by atoms with Gasteiger partial charge in [0.15, 0.2) is 0 Å². The monoisotopic (exact) mass is 282 g/mol. The van der Waals surface area contributed by atoms with E-state index in [9.17, 15) is 9.59 Å². The van der Waals surface area contributed by atoms with Crippen LogP contribution in [-0.4, -0.2) is 11.8 Å². The Balaban J connectivity index is 1.83. The third-order valence-corrected chi connectivity index (χ3v) is 2.97. The smallest absolute Gasteiger partial charge is 0.224 e. The second kappa shape index (κ2) is 7.24. The second-order valence-corrected chi connectivity index (χ2v) is 4.82. The van der Waals surface area contributed by atoms with Gasteiger partial charge in [0.1, 0.15) is 0 Å². The zero-order valence-electron chi connectivity index (χ0n) is 11.9. The van der Waals surface area contributed by atoms with Crippen LogP contribution in [0.1, 0.15) is 18.1 Å². The quantitative estimate of drug-likeness (QED) is 0.885. The third-order valence-electron chi connectivity index (χ3n) is 2.97. The lowest BCUT2D eigenvalue weighted by Gasteiger charge is -2.06. The van der Waals surface area contributed by atoms with Crippen molar-refractivity contribution in [3.05, 3.63) is 65.7 Å². The molecular weight excluding hydrogens is 264 g/mol. The number of carbonyl (C=O) groups is 2. The normalized spacial score (nSPS) is 9.95. The van der Waals surface area contributed by atoms with Crippen molar-refractivity contribution in [3.63, 3.8) is 0 Å². The number of carbonyl (C=O) groups excluding carboxylic acids is 2. The number of benzene rings is 2. The van der Waals surface area contributed by atoms with E-state index in [2.05, 4.69) is 10.6 Å². The molecule has 4 nitrogen and oxygen atoms in total. The van der Waals surface area contributed by atoms with E-state index in [1.54, 1.807) is 12.1 Å². The first kappa shape index (κ1) is 14.8. The third kappa shape index (κ3) is 5.10. The summed E-state index contributed by atoms with van der Waals surface area (Å²) in [6.07, 6.45) is 0.327. The zero-order chi connectivity index (χ0) is 15.1. The first-order valence-electron chi connectivity index (χ1n) is 6.80. The fourth-order valence-corrected chi connectivity index (χ4v) is 1.95. The summed E-state index contributed by atoms with van der Waals surface area (Å²) in [5.74, 6) is -0.130. The summed E-state index contributed by atoms with van der Waals surface area (Å²) in [5.41, 5.74) is 2.72. The molecule has 0 aliphatic heterocycles. The topological polar surface area (TPSA) is 58.2 Å². The van der Waals surface area contributed by atoms with Crippen molar-refractivity contribution in [3.8, 4) is 0 Å². The van der Waals surface area contributed by atoms with Gasteiger partial charge in [0, 0.05) is 19.2 Å². The maximum absolute atomic E-state index is 11.9. The Labute approximate surface area is 124 Å². The Kier molecular flexibility index (Phi) is 5.10. The lowest BCUT2D eigenvalue weighted by molar-refractivity contribution is -0.120. The Morgan fingerprint density at radius 3 is 2.19 bits per heavy atom. The summed E-state index contributed by atoms with van der Waals surface area (Å²) in [6.45, 7) is 1.99. The van der Waals surface area contributed by atoms with Gasteiger partial charge in [-0.25, -0.2) is 0 Å². The van der Waals surface area contributed by atoms with Gasteiger partial charge in [-0.3, -0.25) is 9.59 Å². The number of hydrogen-bond donors (Lipinski definition) is 2. The zero-order valence-corrected chi connectivity index (χ0v) is 11.9. The predicted octanol–water partition coefficient (Wildman–Crippen LogP) is 2.50.